The minimum Gasteiger partial charge on any atom is -0.483 e. The van der Waals surface area contributed by atoms with Crippen LogP contribution in [0.1, 0.15) is 31.4 Å². The molecule has 0 radical (unpaired) electrons. The summed E-state index contributed by atoms with van der Waals surface area (Å²) in [6.45, 7) is 4.80. The molecule has 1 aliphatic rings. The van der Waals surface area contributed by atoms with Gasteiger partial charge in [0.1, 0.15) is 5.82 Å². The average molecular weight is 351 g/mol. The number of nitrogens with zero attached hydrogens (tertiary/aromatic N) is 1. The molecule has 1 aromatic rings. The van der Waals surface area contributed by atoms with Crippen molar-refractivity contribution in [3.63, 3.8) is 0 Å². The van der Waals surface area contributed by atoms with Crippen LogP contribution in [0.15, 0.2) is 18.2 Å². The van der Waals surface area contributed by atoms with Gasteiger partial charge in [-0.1, -0.05) is 6.07 Å². The highest BCUT2D eigenvalue weighted by atomic mass is 19.4. The van der Waals surface area contributed by atoms with Crippen molar-refractivity contribution in [1.82, 2.24) is 4.90 Å². The van der Waals surface area contributed by atoms with Crippen molar-refractivity contribution in [2.45, 2.75) is 38.6 Å². The minimum absolute atomic E-state index is 0.0926. The fourth-order valence-corrected chi connectivity index (χ4v) is 2.65. The Morgan fingerprint density at radius 1 is 1.33 bits per heavy atom. The van der Waals surface area contributed by atoms with Gasteiger partial charge in [0.2, 0.25) is 0 Å². The summed E-state index contributed by atoms with van der Waals surface area (Å²) < 4.78 is 51.2. The normalized spacial score (nSPS) is 18.9. The van der Waals surface area contributed by atoms with Crippen LogP contribution in [-0.4, -0.2) is 40.3 Å². The number of halogens is 4. The van der Waals surface area contributed by atoms with Crippen LogP contribution in [0.3, 0.4) is 0 Å². The fourth-order valence-electron chi connectivity index (χ4n) is 2.65. The molecule has 1 aliphatic heterocycles. The van der Waals surface area contributed by atoms with Crippen molar-refractivity contribution in [2.75, 3.05) is 13.1 Å². The maximum Gasteiger partial charge on any atom is 0.416 e. The number of aliphatic hydroxyl groups is 1. The zero-order valence-corrected chi connectivity index (χ0v) is 13.5. The molecule has 1 saturated heterocycles. The predicted octanol–water partition coefficient (Wildman–Crippen LogP) is 3.14. The van der Waals surface area contributed by atoms with Gasteiger partial charge < -0.3 is 10.2 Å². The van der Waals surface area contributed by atoms with Crippen molar-refractivity contribution >= 4 is 6.47 Å². The first-order chi connectivity index (χ1) is 11.0. The first kappa shape index (κ1) is 20.4. The van der Waals surface area contributed by atoms with Crippen molar-refractivity contribution in [1.29, 1.82) is 0 Å². The standard InChI is InChI=1S/C15H19F4NO.CH2O2/c1-14(2,21)12-5-6-20(9-12)8-10-3-4-11(7-13(10)16)15(17,18)19;2-1-3/h3-4,7,12,21H,5-6,8-9H2,1-2H3;1H,(H,2,3). The van der Waals surface area contributed by atoms with Gasteiger partial charge in [-0.2, -0.15) is 13.2 Å². The van der Waals surface area contributed by atoms with E-state index in [4.69, 9.17) is 9.90 Å². The summed E-state index contributed by atoms with van der Waals surface area (Å²) >= 11 is 0. The Bertz CT molecular complexity index is 555. The molecule has 0 bridgehead atoms. The molecule has 1 unspecified atom stereocenters. The SMILES string of the molecule is CC(C)(O)C1CCN(Cc2ccc(C(F)(F)F)cc2F)C1.O=CO. The van der Waals surface area contributed by atoms with E-state index < -0.39 is 23.2 Å². The Morgan fingerprint density at radius 2 is 1.92 bits per heavy atom. The molecule has 24 heavy (non-hydrogen) atoms. The van der Waals surface area contributed by atoms with Gasteiger partial charge in [0.15, 0.2) is 0 Å². The number of hydrogen-bond acceptors (Lipinski definition) is 3. The van der Waals surface area contributed by atoms with Gasteiger partial charge in [0, 0.05) is 24.6 Å². The molecular weight excluding hydrogens is 330 g/mol. The number of hydrogen-bond donors (Lipinski definition) is 2. The predicted molar refractivity (Wildman–Crippen MR) is 79.8 cm³/mol. The van der Waals surface area contributed by atoms with Gasteiger partial charge in [-0.3, -0.25) is 9.69 Å². The summed E-state index contributed by atoms with van der Waals surface area (Å²) in [6, 6.07) is 2.64. The second-order valence-electron chi connectivity index (χ2n) is 6.28. The van der Waals surface area contributed by atoms with E-state index in [0.29, 0.717) is 19.2 Å². The lowest BCUT2D eigenvalue weighted by atomic mass is 9.90. The van der Waals surface area contributed by atoms with Crippen LogP contribution in [0, 0.1) is 11.7 Å². The van der Waals surface area contributed by atoms with Crippen LogP contribution in [0.2, 0.25) is 0 Å². The number of likely N-dealkylation sites (tertiary alicyclic amines) is 1. The lowest BCUT2D eigenvalue weighted by Crippen LogP contribution is -2.33. The van der Waals surface area contributed by atoms with E-state index >= 15 is 0 Å². The Labute approximate surface area is 137 Å². The zero-order chi connectivity index (χ0) is 18.5. The number of carboxylic acid groups (broad SMARTS) is 1. The van der Waals surface area contributed by atoms with Crippen LogP contribution < -0.4 is 0 Å². The van der Waals surface area contributed by atoms with E-state index in [-0.39, 0.29) is 24.5 Å². The molecule has 1 aromatic carbocycles. The van der Waals surface area contributed by atoms with Crippen molar-refractivity contribution in [3.8, 4) is 0 Å². The zero-order valence-electron chi connectivity index (χ0n) is 13.5. The van der Waals surface area contributed by atoms with Crippen molar-refractivity contribution in [2.24, 2.45) is 5.92 Å². The van der Waals surface area contributed by atoms with Crippen LogP contribution >= 0.6 is 0 Å². The third-order valence-corrected chi connectivity index (χ3v) is 4.05. The highest BCUT2D eigenvalue weighted by molar-refractivity contribution is 5.32. The molecule has 0 aromatic heterocycles. The summed E-state index contributed by atoms with van der Waals surface area (Å²) in [4.78, 5) is 10.3. The highest BCUT2D eigenvalue weighted by Gasteiger charge is 2.34. The second kappa shape index (κ2) is 7.94. The van der Waals surface area contributed by atoms with E-state index in [1.54, 1.807) is 13.8 Å². The highest BCUT2D eigenvalue weighted by Crippen LogP contribution is 2.31. The molecule has 2 N–H and O–H groups in total. The molecule has 1 atom stereocenters. The molecule has 4 nitrogen and oxygen atoms in total. The molecule has 0 spiro atoms. The lowest BCUT2D eigenvalue weighted by molar-refractivity contribution is -0.137. The molecule has 1 fully saturated rings. The van der Waals surface area contributed by atoms with E-state index in [9.17, 15) is 22.7 Å². The van der Waals surface area contributed by atoms with E-state index in [2.05, 4.69) is 0 Å². The van der Waals surface area contributed by atoms with Gasteiger partial charge in [0.25, 0.3) is 6.47 Å². The largest absolute Gasteiger partial charge is 0.483 e. The molecule has 1 heterocycles. The van der Waals surface area contributed by atoms with Crippen molar-refractivity contribution in [3.05, 3.63) is 35.1 Å². The van der Waals surface area contributed by atoms with Gasteiger partial charge >= 0.3 is 6.18 Å². The molecule has 8 heteroatoms. The molecule has 2 rings (SSSR count). The molecule has 136 valence electrons. The lowest BCUT2D eigenvalue weighted by Gasteiger charge is -2.25. The Morgan fingerprint density at radius 3 is 2.33 bits per heavy atom. The van der Waals surface area contributed by atoms with Crippen LogP contribution in [-0.2, 0) is 17.5 Å². The number of benzene rings is 1. The molecule has 0 aliphatic carbocycles. The smallest absolute Gasteiger partial charge is 0.416 e. The monoisotopic (exact) mass is 351 g/mol. The van der Waals surface area contributed by atoms with E-state index in [0.717, 1.165) is 12.5 Å². The van der Waals surface area contributed by atoms with Crippen LogP contribution in [0.25, 0.3) is 0 Å². The average Bonchev–Trinajstić information content (AvgIpc) is 2.89. The Hall–Kier alpha value is -1.67. The van der Waals surface area contributed by atoms with Crippen LogP contribution in [0.4, 0.5) is 17.6 Å². The molecule has 0 amide bonds. The summed E-state index contributed by atoms with van der Waals surface area (Å²) in [5, 5.41) is 16.8. The quantitative estimate of drug-likeness (QED) is 0.649. The third-order valence-electron chi connectivity index (χ3n) is 4.05. The van der Waals surface area contributed by atoms with Gasteiger partial charge in [0.05, 0.1) is 11.2 Å². The molecular formula is C16H21F4NO3. The first-order valence-electron chi connectivity index (χ1n) is 7.37. The third kappa shape index (κ3) is 5.76. The maximum atomic E-state index is 13.8. The van der Waals surface area contributed by atoms with Crippen LogP contribution in [0.5, 0.6) is 0 Å². The van der Waals surface area contributed by atoms with Crippen molar-refractivity contribution < 1.29 is 32.6 Å². The Balaban J connectivity index is 0.000000891. The summed E-state index contributed by atoms with van der Waals surface area (Å²) in [5.41, 5.74) is -1.52. The van der Waals surface area contributed by atoms with Gasteiger partial charge in [-0.15, -0.1) is 0 Å². The Kier molecular flexibility index (Phi) is 6.74. The van der Waals surface area contributed by atoms with E-state index in [1.165, 1.54) is 6.07 Å². The number of alkyl halides is 3. The second-order valence-corrected chi connectivity index (χ2v) is 6.28. The topological polar surface area (TPSA) is 60.8 Å². The summed E-state index contributed by atoms with van der Waals surface area (Å²) in [5.74, 6) is -0.744. The first-order valence-corrected chi connectivity index (χ1v) is 7.37. The van der Waals surface area contributed by atoms with Gasteiger partial charge in [-0.05, 0) is 38.9 Å². The number of carbonyl (C=O) groups is 1. The summed E-state index contributed by atoms with van der Waals surface area (Å²) in [7, 11) is 0. The number of rotatable bonds is 3. The maximum absolute atomic E-state index is 13.8. The summed E-state index contributed by atoms with van der Waals surface area (Å²) in [6.07, 6.45) is -3.73. The molecule has 0 saturated carbocycles. The van der Waals surface area contributed by atoms with E-state index in [1.807, 2.05) is 4.90 Å². The minimum atomic E-state index is -4.53. The fraction of sp³-hybridized carbons (Fsp3) is 0.562. The van der Waals surface area contributed by atoms with Gasteiger partial charge in [-0.25, -0.2) is 4.39 Å².